The lowest BCUT2D eigenvalue weighted by atomic mass is 10.1. The first-order valence-electron chi connectivity index (χ1n) is 6.05. The van der Waals surface area contributed by atoms with Crippen molar-refractivity contribution in [1.82, 2.24) is 4.98 Å². The highest BCUT2D eigenvalue weighted by atomic mass is 14.6. The lowest BCUT2D eigenvalue weighted by molar-refractivity contribution is 1.42. The van der Waals surface area contributed by atoms with Crippen molar-refractivity contribution >= 4 is 11.4 Å². The predicted molar refractivity (Wildman–Crippen MR) is 81.5 cm³/mol. The summed E-state index contributed by atoms with van der Waals surface area (Å²) in [4.78, 5) is 2.86. The Bertz CT molecular complexity index is 520. The van der Waals surface area contributed by atoms with Gasteiger partial charge in [0.1, 0.15) is 0 Å². The molecule has 2 aromatic carbocycles. The minimum Gasteiger partial charge on any atom is -0.399 e. The zero-order valence-electron chi connectivity index (χ0n) is 10.6. The number of hydrogen-bond donors (Lipinski definition) is 3. The van der Waals surface area contributed by atoms with Crippen molar-refractivity contribution in [1.29, 1.82) is 0 Å². The molecule has 0 aliphatic rings. The van der Waals surface area contributed by atoms with Crippen LogP contribution in [0.3, 0.4) is 0 Å². The molecule has 3 rings (SSSR count). The summed E-state index contributed by atoms with van der Waals surface area (Å²) < 4.78 is 0. The molecule has 5 N–H and O–H groups in total. The maximum Gasteiger partial charge on any atom is 0.0314 e. The number of anilines is 2. The fraction of sp³-hybridized carbons (Fsp3) is 0. The maximum atomic E-state index is 5.61. The van der Waals surface area contributed by atoms with Gasteiger partial charge in [0.2, 0.25) is 0 Å². The number of nitrogens with one attached hydrogen (secondary N) is 1. The number of benzene rings is 2. The standard InChI is InChI=1S/C12H12N2.C4H5N/c13-11-5-1-9(2-6-11)10-3-7-12(14)8-4-10;1-2-4-5-3-1/h1-8H,13-14H2;1-5H. The number of hydrogen-bond acceptors (Lipinski definition) is 2. The van der Waals surface area contributed by atoms with Crippen LogP contribution in [0.4, 0.5) is 11.4 Å². The van der Waals surface area contributed by atoms with Gasteiger partial charge in [-0.2, -0.15) is 0 Å². The topological polar surface area (TPSA) is 67.8 Å². The van der Waals surface area contributed by atoms with E-state index < -0.39 is 0 Å². The highest BCUT2D eigenvalue weighted by Gasteiger charge is 1.95. The van der Waals surface area contributed by atoms with Gasteiger partial charge in [-0.15, -0.1) is 0 Å². The van der Waals surface area contributed by atoms with Gasteiger partial charge in [-0.1, -0.05) is 24.3 Å². The second-order valence-electron chi connectivity index (χ2n) is 4.13. The van der Waals surface area contributed by atoms with E-state index in [9.17, 15) is 0 Å². The first kappa shape index (κ1) is 12.8. The van der Waals surface area contributed by atoms with Crippen LogP contribution in [0.5, 0.6) is 0 Å². The quantitative estimate of drug-likeness (QED) is 0.579. The lowest BCUT2D eigenvalue weighted by Gasteiger charge is -2.02. The van der Waals surface area contributed by atoms with E-state index >= 15 is 0 Å². The molecular weight excluding hydrogens is 234 g/mol. The highest BCUT2D eigenvalue weighted by molar-refractivity contribution is 5.67. The Morgan fingerprint density at radius 3 is 1.21 bits per heavy atom. The maximum absolute atomic E-state index is 5.61. The third-order valence-corrected chi connectivity index (χ3v) is 2.65. The van der Waals surface area contributed by atoms with Crippen molar-refractivity contribution in [3.63, 3.8) is 0 Å². The normalized spacial score (nSPS) is 9.47. The molecule has 96 valence electrons. The van der Waals surface area contributed by atoms with Gasteiger partial charge in [-0.05, 0) is 47.5 Å². The largest absolute Gasteiger partial charge is 0.399 e. The zero-order chi connectivity index (χ0) is 13.5. The number of H-pyrrole nitrogens is 1. The van der Waals surface area contributed by atoms with E-state index in [0.717, 1.165) is 22.5 Å². The molecule has 0 fully saturated rings. The van der Waals surface area contributed by atoms with Crippen molar-refractivity contribution in [3.05, 3.63) is 73.1 Å². The molecule has 3 aromatic rings. The number of rotatable bonds is 1. The Balaban J connectivity index is 0.000000224. The third-order valence-electron chi connectivity index (χ3n) is 2.65. The molecule has 0 unspecified atom stereocenters. The summed E-state index contributed by atoms with van der Waals surface area (Å²) >= 11 is 0. The minimum atomic E-state index is 0.782. The molecule has 3 heteroatoms. The van der Waals surface area contributed by atoms with Crippen molar-refractivity contribution in [2.75, 3.05) is 11.5 Å². The smallest absolute Gasteiger partial charge is 0.0314 e. The molecule has 3 nitrogen and oxygen atoms in total. The Hall–Kier alpha value is -2.68. The van der Waals surface area contributed by atoms with Crippen LogP contribution in [0.2, 0.25) is 0 Å². The number of aromatic nitrogens is 1. The van der Waals surface area contributed by atoms with Crippen LogP contribution in [0.1, 0.15) is 0 Å². The van der Waals surface area contributed by atoms with Gasteiger partial charge in [-0.3, -0.25) is 0 Å². The second kappa shape index (κ2) is 6.31. The van der Waals surface area contributed by atoms with Crippen molar-refractivity contribution in [2.24, 2.45) is 0 Å². The Labute approximate surface area is 112 Å². The predicted octanol–water partition coefficient (Wildman–Crippen LogP) is 3.53. The first-order valence-corrected chi connectivity index (χ1v) is 6.05. The average Bonchev–Trinajstić information content (AvgIpc) is 3.00. The number of nitrogens with two attached hydrogens (primary N) is 2. The van der Waals surface area contributed by atoms with Crippen LogP contribution in [-0.2, 0) is 0 Å². The molecule has 0 amide bonds. The van der Waals surface area contributed by atoms with Crippen LogP contribution in [0, 0.1) is 0 Å². The molecule has 1 aromatic heterocycles. The first-order chi connectivity index (χ1) is 9.25. The molecule has 0 spiro atoms. The molecule has 0 bridgehead atoms. The van der Waals surface area contributed by atoms with Gasteiger partial charge in [0.05, 0.1) is 0 Å². The Morgan fingerprint density at radius 1 is 0.579 bits per heavy atom. The van der Waals surface area contributed by atoms with Gasteiger partial charge in [0, 0.05) is 23.8 Å². The summed E-state index contributed by atoms with van der Waals surface area (Å²) in [5.41, 5.74) is 15.1. The third kappa shape index (κ3) is 3.92. The fourth-order valence-corrected chi connectivity index (χ4v) is 1.63. The summed E-state index contributed by atoms with van der Waals surface area (Å²) in [6, 6.07) is 19.5. The molecule has 0 saturated heterocycles. The molecule has 0 radical (unpaired) electrons. The summed E-state index contributed by atoms with van der Waals surface area (Å²) in [5.74, 6) is 0. The van der Waals surface area contributed by atoms with Crippen LogP contribution >= 0.6 is 0 Å². The molecule has 1 heterocycles. The van der Waals surface area contributed by atoms with E-state index in [-0.39, 0.29) is 0 Å². The Morgan fingerprint density at radius 2 is 0.947 bits per heavy atom. The van der Waals surface area contributed by atoms with E-state index in [1.165, 1.54) is 0 Å². The van der Waals surface area contributed by atoms with Crippen LogP contribution in [0.15, 0.2) is 73.1 Å². The summed E-state index contributed by atoms with van der Waals surface area (Å²) in [6.07, 6.45) is 3.75. The van der Waals surface area contributed by atoms with Gasteiger partial charge >= 0.3 is 0 Å². The lowest BCUT2D eigenvalue weighted by Crippen LogP contribution is -1.85. The Kier molecular flexibility index (Phi) is 4.24. The highest BCUT2D eigenvalue weighted by Crippen LogP contribution is 2.21. The van der Waals surface area contributed by atoms with Gasteiger partial charge in [0.25, 0.3) is 0 Å². The number of nitrogen functional groups attached to an aromatic ring is 2. The molecule has 0 aliphatic carbocycles. The average molecular weight is 251 g/mol. The van der Waals surface area contributed by atoms with Gasteiger partial charge in [0.15, 0.2) is 0 Å². The molecule has 0 aliphatic heterocycles. The van der Waals surface area contributed by atoms with Crippen molar-refractivity contribution in [3.8, 4) is 11.1 Å². The SMILES string of the molecule is Nc1ccc(-c2ccc(N)cc2)cc1.c1cc[nH]c1. The molecule has 19 heavy (non-hydrogen) atoms. The minimum absolute atomic E-state index is 0.782. The molecular formula is C16H17N3. The zero-order valence-corrected chi connectivity index (χ0v) is 10.6. The number of aromatic amines is 1. The van der Waals surface area contributed by atoms with Crippen molar-refractivity contribution < 1.29 is 0 Å². The summed E-state index contributed by atoms with van der Waals surface area (Å²) in [7, 11) is 0. The van der Waals surface area contributed by atoms with Gasteiger partial charge in [-0.25, -0.2) is 0 Å². The van der Waals surface area contributed by atoms with Crippen LogP contribution < -0.4 is 11.5 Å². The monoisotopic (exact) mass is 251 g/mol. The van der Waals surface area contributed by atoms with Crippen LogP contribution in [0.25, 0.3) is 11.1 Å². The van der Waals surface area contributed by atoms with E-state index in [0.29, 0.717) is 0 Å². The van der Waals surface area contributed by atoms with Crippen molar-refractivity contribution in [2.45, 2.75) is 0 Å². The van der Waals surface area contributed by atoms with E-state index in [4.69, 9.17) is 11.5 Å². The van der Waals surface area contributed by atoms with E-state index in [1.807, 2.05) is 73.1 Å². The summed E-state index contributed by atoms with van der Waals surface area (Å²) in [5, 5.41) is 0. The molecule has 0 atom stereocenters. The summed E-state index contributed by atoms with van der Waals surface area (Å²) in [6.45, 7) is 0. The van der Waals surface area contributed by atoms with Gasteiger partial charge < -0.3 is 16.5 Å². The second-order valence-corrected chi connectivity index (χ2v) is 4.13. The fourth-order valence-electron chi connectivity index (χ4n) is 1.63. The molecule has 0 saturated carbocycles. The van der Waals surface area contributed by atoms with E-state index in [2.05, 4.69) is 4.98 Å². The van der Waals surface area contributed by atoms with Crippen LogP contribution in [-0.4, -0.2) is 4.98 Å². The van der Waals surface area contributed by atoms with E-state index in [1.54, 1.807) is 0 Å².